The van der Waals surface area contributed by atoms with E-state index < -0.39 is 6.03 Å². The van der Waals surface area contributed by atoms with E-state index in [9.17, 15) is 14.0 Å². The Balaban J connectivity index is 1.77. The number of rotatable bonds is 8. The van der Waals surface area contributed by atoms with Gasteiger partial charge in [0.05, 0.1) is 6.54 Å². The molecule has 2 aromatic rings. The summed E-state index contributed by atoms with van der Waals surface area (Å²) in [5.74, 6) is -0.631. The van der Waals surface area contributed by atoms with Crippen LogP contribution in [0, 0.1) is 12.7 Å². The van der Waals surface area contributed by atoms with E-state index in [0.29, 0.717) is 5.25 Å². The van der Waals surface area contributed by atoms with Gasteiger partial charge in [0, 0.05) is 22.4 Å². The third-order valence-electron chi connectivity index (χ3n) is 4.16. The van der Waals surface area contributed by atoms with Gasteiger partial charge in [0.2, 0.25) is 5.91 Å². The number of halogens is 1. The van der Waals surface area contributed by atoms with Gasteiger partial charge >= 0.3 is 6.03 Å². The molecule has 0 radical (unpaired) electrons. The standard InChI is InChI=1S/C21H26FN3O2S/c1-4-15(3)28-18-9-10-19(14(2)11-18)25-20(26)13-24-21(27)23-12-16-5-7-17(22)8-6-16/h5-11,15H,4,12-13H2,1-3H3,(H,25,26)(H2,23,24,27). The van der Waals surface area contributed by atoms with Crippen molar-refractivity contribution in [2.75, 3.05) is 11.9 Å². The highest BCUT2D eigenvalue weighted by Crippen LogP contribution is 2.28. The highest BCUT2D eigenvalue weighted by molar-refractivity contribution is 7.99. The first kappa shape index (κ1) is 21.8. The second-order valence-electron chi connectivity index (χ2n) is 6.52. The molecule has 0 aliphatic rings. The molecule has 3 N–H and O–H groups in total. The molecule has 1 unspecified atom stereocenters. The normalized spacial score (nSPS) is 11.6. The summed E-state index contributed by atoms with van der Waals surface area (Å²) in [4.78, 5) is 25.1. The zero-order valence-corrected chi connectivity index (χ0v) is 17.2. The van der Waals surface area contributed by atoms with E-state index in [1.807, 2.05) is 19.1 Å². The van der Waals surface area contributed by atoms with Gasteiger partial charge in [-0.05, 0) is 54.8 Å². The summed E-state index contributed by atoms with van der Waals surface area (Å²) >= 11 is 1.81. The molecule has 2 rings (SSSR count). The second-order valence-corrected chi connectivity index (χ2v) is 8.04. The summed E-state index contributed by atoms with van der Waals surface area (Å²) in [5.41, 5.74) is 2.47. The zero-order valence-electron chi connectivity index (χ0n) is 16.3. The summed E-state index contributed by atoms with van der Waals surface area (Å²) in [6, 6.07) is 11.3. The van der Waals surface area contributed by atoms with Crippen LogP contribution in [0.5, 0.6) is 0 Å². The van der Waals surface area contributed by atoms with Crippen LogP contribution in [0.25, 0.3) is 0 Å². The summed E-state index contributed by atoms with van der Waals surface area (Å²) in [5, 5.41) is 8.48. The SMILES string of the molecule is CCC(C)Sc1ccc(NC(=O)CNC(=O)NCc2ccc(F)cc2)c(C)c1. The highest BCUT2D eigenvalue weighted by atomic mass is 32.2. The lowest BCUT2D eigenvalue weighted by Gasteiger charge is -2.13. The highest BCUT2D eigenvalue weighted by Gasteiger charge is 2.09. The molecule has 1 atom stereocenters. The van der Waals surface area contributed by atoms with Crippen molar-refractivity contribution in [3.8, 4) is 0 Å². The maximum atomic E-state index is 12.9. The van der Waals surface area contributed by atoms with Gasteiger partial charge in [-0.1, -0.05) is 26.0 Å². The Morgan fingerprint density at radius 3 is 2.46 bits per heavy atom. The molecule has 0 saturated heterocycles. The van der Waals surface area contributed by atoms with Crippen LogP contribution in [-0.2, 0) is 11.3 Å². The smallest absolute Gasteiger partial charge is 0.315 e. The number of nitrogens with one attached hydrogen (secondary N) is 3. The molecule has 3 amide bonds. The van der Waals surface area contributed by atoms with E-state index in [1.165, 1.54) is 17.0 Å². The third-order valence-corrected chi connectivity index (χ3v) is 5.42. The molecule has 0 heterocycles. The van der Waals surface area contributed by atoms with Crippen molar-refractivity contribution in [3.63, 3.8) is 0 Å². The first-order valence-electron chi connectivity index (χ1n) is 9.20. The van der Waals surface area contributed by atoms with Crippen molar-refractivity contribution in [3.05, 3.63) is 59.4 Å². The first-order valence-corrected chi connectivity index (χ1v) is 10.1. The molecule has 0 aliphatic carbocycles. The van der Waals surface area contributed by atoms with Crippen molar-refractivity contribution in [1.29, 1.82) is 0 Å². The Labute approximate surface area is 169 Å². The maximum Gasteiger partial charge on any atom is 0.315 e. The second kappa shape index (κ2) is 10.7. The lowest BCUT2D eigenvalue weighted by atomic mass is 10.2. The molecule has 0 saturated carbocycles. The van der Waals surface area contributed by atoms with E-state index in [4.69, 9.17) is 0 Å². The van der Waals surface area contributed by atoms with Crippen LogP contribution in [0.15, 0.2) is 47.4 Å². The minimum Gasteiger partial charge on any atom is -0.334 e. The van der Waals surface area contributed by atoms with Crippen molar-refractivity contribution < 1.29 is 14.0 Å². The number of thioether (sulfide) groups is 1. The number of anilines is 1. The molecule has 0 bridgehead atoms. The van der Waals surface area contributed by atoms with Gasteiger partial charge in [-0.2, -0.15) is 0 Å². The maximum absolute atomic E-state index is 12.9. The molecular weight excluding hydrogens is 377 g/mol. The van der Waals surface area contributed by atoms with Gasteiger partial charge in [-0.3, -0.25) is 4.79 Å². The van der Waals surface area contributed by atoms with Crippen molar-refractivity contribution in [1.82, 2.24) is 10.6 Å². The van der Waals surface area contributed by atoms with Crippen LogP contribution in [0.4, 0.5) is 14.9 Å². The lowest BCUT2D eigenvalue weighted by Crippen LogP contribution is -2.39. The third kappa shape index (κ3) is 7.23. The summed E-state index contributed by atoms with van der Waals surface area (Å²) < 4.78 is 12.9. The van der Waals surface area contributed by atoms with Gasteiger partial charge in [0.25, 0.3) is 0 Å². The summed E-state index contributed by atoms with van der Waals surface area (Å²) in [7, 11) is 0. The molecule has 150 valence electrons. The molecule has 0 fully saturated rings. The Bertz CT molecular complexity index is 812. The Hall–Kier alpha value is -2.54. The van der Waals surface area contributed by atoms with Crippen molar-refractivity contribution >= 4 is 29.4 Å². The van der Waals surface area contributed by atoms with E-state index in [-0.39, 0.29) is 24.8 Å². The van der Waals surface area contributed by atoms with Crippen molar-refractivity contribution in [2.24, 2.45) is 0 Å². The monoisotopic (exact) mass is 403 g/mol. The average molecular weight is 404 g/mol. The van der Waals surface area contributed by atoms with Gasteiger partial charge in [0.15, 0.2) is 0 Å². The summed E-state index contributed by atoms with van der Waals surface area (Å²) in [6.45, 7) is 6.39. The van der Waals surface area contributed by atoms with Gasteiger partial charge in [-0.15, -0.1) is 11.8 Å². The van der Waals surface area contributed by atoms with Crippen LogP contribution in [0.1, 0.15) is 31.4 Å². The summed E-state index contributed by atoms with van der Waals surface area (Å²) in [6.07, 6.45) is 1.09. The number of carbonyl (C=O) groups excluding carboxylic acids is 2. The quantitative estimate of drug-likeness (QED) is 0.570. The minimum atomic E-state index is -0.462. The number of urea groups is 1. The average Bonchev–Trinajstić information content (AvgIpc) is 2.68. The number of hydrogen-bond donors (Lipinski definition) is 3. The van der Waals surface area contributed by atoms with Crippen LogP contribution in [0.3, 0.4) is 0 Å². The fraction of sp³-hybridized carbons (Fsp3) is 0.333. The number of benzene rings is 2. The van der Waals surface area contributed by atoms with E-state index in [0.717, 1.165) is 23.2 Å². The fourth-order valence-electron chi connectivity index (χ4n) is 2.37. The van der Waals surface area contributed by atoms with Crippen LogP contribution in [-0.4, -0.2) is 23.7 Å². The zero-order chi connectivity index (χ0) is 20.5. The molecule has 7 heteroatoms. The van der Waals surface area contributed by atoms with E-state index in [1.54, 1.807) is 23.9 Å². The predicted octanol–water partition coefficient (Wildman–Crippen LogP) is 4.46. The van der Waals surface area contributed by atoms with Crippen LogP contribution >= 0.6 is 11.8 Å². The molecule has 5 nitrogen and oxygen atoms in total. The molecule has 2 aromatic carbocycles. The van der Waals surface area contributed by atoms with E-state index >= 15 is 0 Å². The number of carbonyl (C=O) groups is 2. The molecule has 0 aliphatic heterocycles. The fourth-order valence-corrected chi connectivity index (χ4v) is 3.39. The molecule has 28 heavy (non-hydrogen) atoms. The van der Waals surface area contributed by atoms with Gasteiger partial charge in [0.1, 0.15) is 5.82 Å². The van der Waals surface area contributed by atoms with Gasteiger partial charge in [-0.25, -0.2) is 9.18 Å². The number of aryl methyl sites for hydroxylation is 1. The van der Waals surface area contributed by atoms with Crippen molar-refractivity contribution in [2.45, 2.75) is 43.9 Å². The Morgan fingerprint density at radius 2 is 1.82 bits per heavy atom. The molecular formula is C21H26FN3O2S. The van der Waals surface area contributed by atoms with E-state index in [2.05, 4.69) is 35.9 Å². The van der Waals surface area contributed by atoms with Gasteiger partial charge < -0.3 is 16.0 Å². The first-order chi connectivity index (χ1) is 13.4. The predicted molar refractivity (Wildman–Crippen MR) is 112 cm³/mol. The van der Waals surface area contributed by atoms with Crippen LogP contribution < -0.4 is 16.0 Å². The number of hydrogen-bond acceptors (Lipinski definition) is 3. The Morgan fingerprint density at radius 1 is 1.11 bits per heavy atom. The topological polar surface area (TPSA) is 70.2 Å². The Kier molecular flexibility index (Phi) is 8.32. The molecule has 0 aromatic heterocycles. The minimum absolute atomic E-state index is 0.141. The van der Waals surface area contributed by atoms with Crippen LogP contribution in [0.2, 0.25) is 0 Å². The molecule has 0 spiro atoms. The largest absolute Gasteiger partial charge is 0.334 e. The number of amides is 3. The lowest BCUT2D eigenvalue weighted by molar-refractivity contribution is -0.115.